The third-order valence-corrected chi connectivity index (χ3v) is 11.1. The van der Waals surface area contributed by atoms with Crippen LogP contribution in [0.15, 0.2) is 17.2 Å². The summed E-state index contributed by atoms with van der Waals surface area (Å²) < 4.78 is 12.0. The van der Waals surface area contributed by atoms with Gasteiger partial charge in [-0.2, -0.15) is 5.10 Å². The highest BCUT2D eigenvalue weighted by molar-refractivity contribution is 6.74. The molecule has 5 nitrogen and oxygen atoms in total. The number of nitrogens with zero attached hydrogens (tertiary/aromatic N) is 1. The van der Waals surface area contributed by atoms with Gasteiger partial charge in [-0.1, -0.05) is 50.9 Å². The fourth-order valence-electron chi connectivity index (χ4n) is 2.75. The molecule has 0 bridgehead atoms. The second-order valence-corrected chi connectivity index (χ2v) is 14.6. The van der Waals surface area contributed by atoms with Gasteiger partial charge in [-0.3, -0.25) is 4.79 Å². The molecule has 1 N–H and O–H groups in total. The highest BCUT2D eigenvalue weighted by Gasteiger charge is 2.36. The van der Waals surface area contributed by atoms with E-state index in [1.807, 2.05) is 13.0 Å². The standard InChI is InChI=1S/C21H32Cl2N2O3Si/c1-14-13-17(26)24-25-20(14)15-9-10-16(19(23)18(15)22)27-11-7-8-12-28-29(5,6)21(2,3)4/h9-10,14H,7-8,11-13H2,1-6H3,(H,24,26). The van der Waals surface area contributed by atoms with Crippen LogP contribution >= 0.6 is 23.2 Å². The lowest BCUT2D eigenvalue weighted by Crippen LogP contribution is -2.41. The molecule has 0 fully saturated rings. The van der Waals surface area contributed by atoms with Crippen molar-refractivity contribution in [2.45, 2.75) is 65.1 Å². The first-order valence-electron chi connectivity index (χ1n) is 10.1. The number of amides is 1. The summed E-state index contributed by atoms with van der Waals surface area (Å²) in [4.78, 5) is 11.4. The third kappa shape index (κ3) is 6.20. The van der Waals surface area contributed by atoms with Crippen molar-refractivity contribution in [3.05, 3.63) is 27.7 Å². The van der Waals surface area contributed by atoms with Crippen molar-refractivity contribution in [1.82, 2.24) is 5.43 Å². The summed E-state index contributed by atoms with van der Waals surface area (Å²) in [6, 6.07) is 3.65. The zero-order valence-corrected chi connectivity index (χ0v) is 20.7. The van der Waals surface area contributed by atoms with Gasteiger partial charge in [0.15, 0.2) is 8.32 Å². The lowest BCUT2D eigenvalue weighted by atomic mass is 9.94. The second-order valence-electron chi connectivity index (χ2n) is 9.04. The summed E-state index contributed by atoms with van der Waals surface area (Å²) >= 11 is 12.9. The molecule has 1 aliphatic heterocycles. The first-order valence-corrected chi connectivity index (χ1v) is 13.7. The lowest BCUT2D eigenvalue weighted by molar-refractivity contribution is -0.121. The summed E-state index contributed by atoms with van der Waals surface area (Å²) in [6.07, 6.45) is 2.19. The quantitative estimate of drug-likeness (QED) is 0.381. The Morgan fingerprint density at radius 3 is 2.45 bits per heavy atom. The summed E-state index contributed by atoms with van der Waals surface area (Å²) in [5.41, 5.74) is 3.95. The Hall–Kier alpha value is -1.08. The Labute approximate surface area is 185 Å². The number of carbonyl (C=O) groups is 1. The topological polar surface area (TPSA) is 59.9 Å². The molecule has 0 saturated carbocycles. The molecule has 2 rings (SSSR count). The van der Waals surface area contributed by atoms with Gasteiger partial charge in [-0.05, 0) is 43.1 Å². The largest absolute Gasteiger partial charge is 0.492 e. The van der Waals surface area contributed by atoms with Crippen molar-refractivity contribution in [3.63, 3.8) is 0 Å². The van der Waals surface area contributed by atoms with Gasteiger partial charge < -0.3 is 9.16 Å². The molecule has 29 heavy (non-hydrogen) atoms. The minimum Gasteiger partial charge on any atom is -0.492 e. The first kappa shape index (κ1) is 24.2. The van der Waals surface area contributed by atoms with Crippen molar-refractivity contribution in [1.29, 1.82) is 0 Å². The molecule has 1 unspecified atom stereocenters. The molecule has 1 atom stereocenters. The van der Waals surface area contributed by atoms with Crippen LogP contribution in [-0.2, 0) is 9.22 Å². The molecule has 1 aromatic carbocycles. The highest BCUT2D eigenvalue weighted by Crippen LogP contribution is 2.37. The van der Waals surface area contributed by atoms with Gasteiger partial charge in [-0.25, -0.2) is 5.43 Å². The predicted molar refractivity (Wildman–Crippen MR) is 123 cm³/mol. The zero-order valence-electron chi connectivity index (χ0n) is 18.2. The van der Waals surface area contributed by atoms with Crippen LogP contribution in [0.5, 0.6) is 5.75 Å². The van der Waals surface area contributed by atoms with Gasteiger partial charge >= 0.3 is 0 Å². The molecule has 1 heterocycles. The summed E-state index contributed by atoms with van der Waals surface area (Å²) in [6.45, 7) is 14.5. The van der Waals surface area contributed by atoms with Crippen LogP contribution in [0.4, 0.5) is 0 Å². The first-order chi connectivity index (χ1) is 13.4. The van der Waals surface area contributed by atoms with E-state index in [0.29, 0.717) is 28.8 Å². The maximum atomic E-state index is 11.4. The Bertz CT molecular complexity index is 776. The van der Waals surface area contributed by atoms with Crippen molar-refractivity contribution < 1.29 is 14.0 Å². The normalized spacial score (nSPS) is 17.7. The number of hydrazone groups is 1. The Kier molecular flexibility index (Phi) is 8.19. The lowest BCUT2D eigenvalue weighted by Gasteiger charge is -2.36. The fourth-order valence-corrected chi connectivity index (χ4v) is 4.31. The Morgan fingerprint density at radius 1 is 1.17 bits per heavy atom. The monoisotopic (exact) mass is 458 g/mol. The molecular weight excluding hydrogens is 427 g/mol. The number of ether oxygens (including phenoxy) is 1. The van der Waals surface area contributed by atoms with Crippen LogP contribution < -0.4 is 10.2 Å². The second kappa shape index (κ2) is 9.82. The van der Waals surface area contributed by atoms with Crippen molar-refractivity contribution in [3.8, 4) is 5.75 Å². The summed E-state index contributed by atoms with van der Waals surface area (Å²) in [7, 11) is -1.70. The number of rotatable bonds is 8. The van der Waals surface area contributed by atoms with E-state index in [-0.39, 0.29) is 16.9 Å². The number of carbonyl (C=O) groups excluding carboxylic acids is 1. The molecule has 1 aliphatic rings. The number of hydrogen-bond donors (Lipinski definition) is 1. The van der Waals surface area contributed by atoms with Crippen LogP contribution in [0.1, 0.15) is 52.5 Å². The van der Waals surface area contributed by atoms with Crippen LogP contribution in [0.3, 0.4) is 0 Å². The molecular formula is C21H32Cl2N2O3Si. The van der Waals surface area contributed by atoms with E-state index in [0.717, 1.165) is 30.7 Å². The van der Waals surface area contributed by atoms with Gasteiger partial charge in [0.05, 0.1) is 17.3 Å². The third-order valence-electron chi connectivity index (χ3n) is 5.65. The summed E-state index contributed by atoms with van der Waals surface area (Å²) in [5.74, 6) is 0.435. The molecule has 0 aliphatic carbocycles. The van der Waals surface area contributed by atoms with Gasteiger partial charge in [0.2, 0.25) is 5.91 Å². The zero-order chi connectivity index (χ0) is 21.8. The molecule has 8 heteroatoms. The van der Waals surface area contributed by atoms with E-state index in [4.69, 9.17) is 32.4 Å². The van der Waals surface area contributed by atoms with Gasteiger partial charge in [-0.15, -0.1) is 0 Å². The molecule has 162 valence electrons. The van der Waals surface area contributed by atoms with Crippen LogP contribution in [0, 0.1) is 5.92 Å². The minimum atomic E-state index is -1.70. The average Bonchev–Trinajstić information content (AvgIpc) is 2.61. The van der Waals surface area contributed by atoms with E-state index in [9.17, 15) is 4.79 Å². The minimum absolute atomic E-state index is 0.0232. The molecule has 0 saturated heterocycles. The molecule has 0 spiro atoms. The maximum Gasteiger partial charge on any atom is 0.240 e. The van der Waals surface area contributed by atoms with E-state index in [1.54, 1.807) is 6.07 Å². The number of nitrogens with one attached hydrogen (secondary N) is 1. The Morgan fingerprint density at radius 2 is 1.83 bits per heavy atom. The Balaban J connectivity index is 1.88. The molecule has 0 radical (unpaired) electrons. The molecule has 0 aromatic heterocycles. The average molecular weight is 459 g/mol. The van der Waals surface area contributed by atoms with Gasteiger partial charge in [0.1, 0.15) is 10.8 Å². The van der Waals surface area contributed by atoms with Crippen molar-refractivity contribution in [2.24, 2.45) is 11.0 Å². The van der Waals surface area contributed by atoms with Gasteiger partial charge in [0.25, 0.3) is 0 Å². The smallest absolute Gasteiger partial charge is 0.240 e. The number of halogens is 2. The molecule has 1 amide bonds. The number of unbranched alkanes of at least 4 members (excludes halogenated alkanes) is 1. The fraction of sp³-hybridized carbons (Fsp3) is 0.619. The van der Waals surface area contributed by atoms with E-state index < -0.39 is 8.32 Å². The van der Waals surface area contributed by atoms with E-state index in [1.165, 1.54) is 0 Å². The predicted octanol–water partition coefficient (Wildman–Crippen LogP) is 6.03. The van der Waals surface area contributed by atoms with Crippen LogP contribution in [-0.4, -0.2) is 33.2 Å². The number of benzene rings is 1. The van der Waals surface area contributed by atoms with E-state index in [2.05, 4.69) is 44.4 Å². The number of hydrogen-bond acceptors (Lipinski definition) is 4. The van der Waals surface area contributed by atoms with E-state index >= 15 is 0 Å². The van der Waals surface area contributed by atoms with Crippen LogP contribution in [0.2, 0.25) is 28.2 Å². The SMILES string of the molecule is CC1CC(=O)NN=C1c1ccc(OCCCCO[Si](C)(C)C(C)(C)C)c(Cl)c1Cl. The summed E-state index contributed by atoms with van der Waals surface area (Å²) in [5, 5.41) is 5.13. The van der Waals surface area contributed by atoms with Crippen molar-refractivity contribution in [2.75, 3.05) is 13.2 Å². The van der Waals surface area contributed by atoms with Crippen molar-refractivity contribution >= 4 is 43.1 Å². The van der Waals surface area contributed by atoms with Gasteiger partial charge in [0, 0.05) is 24.5 Å². The van der Waals surface area contributed by atoms with Crippen LogP contribution in [0.25, 0.3) is 0 Å². The molecule has 1 aromatic rings. The highest BCUT2D eigenvalue weighted by atomic mass is 35.5. The maximum absolute atomic E-state index is 11.4.